The van der Waals surface area contributed by atoms with Crippen LogP contribution in [0.3, 0.4) is 0 Å². The number of rotatable bonds is 6. The number of benzene rings is 1. The molecule has 2 heterocycles. The number of guanidine groups is 1. The van der Waals surface area contributed by atoms with E-state index in [4.69, 9.17) is 14.2 Å². The van der Waals surface area contributed by atoms with Gasteiger partial charge in [-0.1, -0.05) is 0 Å². The minimum atomic E-state index is -0.291. The van der Waals surface area contributed by atoms with Crippen molar-refractivity contribution in [2.24, 2.45) is 4.99 Å². The summed E-state index contributed by atoms with van der Waals surface area (Å²) in [5.41, 5.74) is 1.54. The summed E-state index contributed by atoms with van der Waals surface area (Å²) in [4.78, 5) is 18.2. The molecule has 0 atom stereocenters. The van der Waals surface area contributed by atoms with E-state index in [1.807, 2.05) is 13.8 Å². The van der Waals surface area contributed by atoms with Crippen molar-refractivity contribution in [3.05, 3.63) is 29.1 Å². The Bertz CT molecular complexity index is 751. The Balaban J connectivity index is 1.54. The lowest BCUT2D eigenvalue weighted by atomic mass is 10.1. The van der Waals surface area contributed by atoms with Crippen molar-refractivity contribution in [2.45, 2.75) is 45.8 Å². The van der Waals surface area contributed by atoms with Crippen molar-refractivity contribution in [1.82, 2.24) is 15.5 Å². The van der Waals surface area contributed by atoms with Crippen LogP contribution in [0, 0.1) is 5.82 Å². The van der Waals surface area contributed by atoms with Gasteiger partial charge in [0, 0.05) is 37.8 Å². The standard InChI is InChI=1S/C21H31FN4O4/c1-3-23-20(25-18-6-9-26(10-7-18)21(27)29-4-2)24-8-5-15-11-17(22)12-16-13-28-14-30-19(15)16/h11-12,18H,3-10,13-14H2,1-2H3,(H2,23,24,25). The van der Waals surface area contributed by atoms with Gasteiger partial charge in [-0.2, -0.15) is 0 Å². The van der Waals surface area contributed by atoms with Crippen molar-refractivity contribution in [1.29, 1.82) is 0 Å². The fraction of sp³-hybridized carbons (Fsp3) is 0.619. The second-order valence-corrected chi connectivity index (χ2v) is 7.28. The number of nitrogens with zero attached hydrogens (tertiary/aromatic N) is 2. The SMILES string of the molecule is CCNC(=NCCc1cc(F)cc2c1OCOC2)NC1CCN(C(=O)OCC)CC1. The van der Waals surface area contributed by atoms with Gasteiger partial charge in [0.25, 0.3) is 0 Å². The summed E-state index contributed by atoms with van der Waals surface area (Å²) in [5.74, 6) is 1.14. The number of halogens is 1. The highest BCUT2D eigenvalue weighted by molar-refractivity contribution is 5.80. The molecule has 1 amide bonds. The molecule has 30 heavy (non-hydrogen) atoms. The summed E-state index contributed by atoms with van der Waals surface area (Å²) in [5, 5.41) is 6.70. The smallest absolute Gasteiger partial charge is 0.409 e. The zero-order valence-electron chi connectivity index (χ0n) is 17.7. The normalized spacial score (nSPS) is 17.2. The minimum absolute atomic E-state index is 0.184. The van der Waals surface area contributed by atoms with Crippen LogP contribution >= 0.6 is 0 Å². The zero-order valence-corrected chi connectivity index (χ0v) is 17.7. The number of likely N-dealkylation sites (tertiary alicyclic amines) is 1. The second kappa shape index (κ2) is 11.0. The number of carbonyl (C=O) groups is 1. The maximum Gasteiger partial charge on any atom is 0.409 e. The fourth-order valence-electron chi connectivity index (χ4n) is 3.67. The third-order valence-electron chi connectivity index (χ3n) is 5.11. The Morgan fingerprint density at radius 2 is 2.13 bits per heavy atom. The summed E-state index contributed by atoms with van der Waals surface area (Å²) >= 11 is 0. The number of aliphatic imine (C=N–C) groups is 1. The molecule has 8 nitrogen and oxygen atoms in total. The van der Waals surface area contributed by atoms with Crippen LogP contribution in [0.4, 0.5) is 9.18 Å². The van der Waals surface area contributed by atoms with E-state index in [1.165, 1.54) is 12.1 Å². The topological polar surface area (TPSA) is 84.4 Å². The largest absolute Gasteiger partial charge is 0.467 e. The van der Waals surface area contributed by atoms with Crippen LogP contribution in [-0.2, 0) is 22.5 Å². The van der Waals surface area contributed by atoms with E-state index >= 15 is 0 Å². The lowest BCUT2D eigenvalue weighted by Crippen LogP contribution is -2.50. The average molecular weight is 423 g/mol. The molecule has 2 aliphatic rings. The van der Waals surface area contributed by atoms with Crippen molar-refractivity contribution < 1.29 is 23.4 Å². The first-order valence-corrected chi connectivity index (χ1v) is 10.6. The van der Waals surface area contributed by atoms with Crippen LogP contribution in [0.1, 0.15) is 37.8 Å². The molecular formula is C21H31FN4O4. The maximum absolute atomic E-state index is 13.9. The number of fused-ring (bicyclic) bond motifs is 1. The van der Waals surface area contributed by atoms with E-state index < -0.39 is 0 Å². The van der Waals surface area contributed by atoms with Gasteiger partial charge in [0.05, 0.1) is 13.2 Å². The molecule has 0 unspecified atom stereocenters. The van der Waals surface area contributed by atoms with Gasteiger partial charge in [0.1, 0.15) is 11.6 Å². The number of nitrogens with one attached hydrogen (secondary N) is 2. The Labute approximate surface area is 176 Å². The quantitative estimate of drug-likeness (QED) is 0.541. The average Bonchev–Trinajstić information content (AvgIpc) is 2.74. The molecular weight excluding hydrogens is 391 g/mol. The summed E-state index contributed by atoms with van der Waals surface area (Å²) in [6, 6.07) is 3.19. The molecule has 1 fully saturated rings. The molecule has 9 heteroatoms. The van der Waals surface area contributed by atoms with Crippen LogP contribution in [0.2, 0.25) is 0 Å². The molecule has 1 saturated heterocycles. The van der Waals surface area contributed by atoms with E-state index in [-0.39, 0.29) is 24.7 Å². The van der Waals surface area contributed by atoms with Crippen molar-refractivity contribution in [3.63, 3.8) is 0 Å². The molecule has 0 spiro atoms. The first-order chi connectivity index (χ1) is 14.6. The fourth-order valence-corrected chi connectivity index (χ4v) is 3.67. The highest BCUT2D eigenvalue weighted by Gasteiger charge is 2.24. The van der Waals surface area contributed by atoms with Crippen LogP contribution in [0.5, 0.6) is 5.75 Å². The number of hydrogen-bond acceptors (Lipinski definition) is 5. The van der Waals surface area contributed by atoms with Gasteiger partial charge in [0.15, 0.2) is 12.8 Å². The maximum atomic E-state index is 13.9. The van der Waals surface area contributed by atoms with E-state index in [1.54, 1.807) is 4.90 Å². The van der Waals surface area contributed by atoms with Crippen LogP contribution in [0.25, 0.3) is 0 Å². The third-order valence-corrected chi connectivity index (χ3v) is 5.11. The van der Waals surface area contributed by atoms with E-state index in [0.29, 0.717) is 45.0 Å². The molecule has 1 aromatic carbocycles. The Morgan fingerprint density at radius 3 is 2.87 bits per heavy atom. The Kier molecular flexibility index (Phi) is 8.12. The molecule has 0 saturated carbocycles. The van der Waals surface area contributed by atoms with Crippen LogP contribution in [0.15, 0.2) is 17.1 Å². The molecule has 2 aliphatic heterocycles. The lowest BCUT2D eigenvalue weighted by Gasteiger charge is -2.32. The second-order valence-electron chi connectivity index (χ2n) is 7.28. The molecule has 2 N–H and O–H groups in total. The van der Waals surface area contributed by atoms with Crippen LogP contribution in [-0.4, -0.2) is 62.6 Å². The highest BCUT2D eigenvalue weighted by atomic mass is 19.1. The zero-order chi connectivity index (χ0) is 21.3. The van der Waals surface area contributed by atoms with Crippen molar-refractivity contribution >= 4 is 12.1 Å². The Morgan fingerprint density at radius 1 is 1.33 bits per heavy atom. The van der Waals surface area contributed by atoms with Gasteiger partial charge in [-0.3, -0.25) is 4.99 Å². The monoisotopic (exact) mass is 422 g/mol. The number of amides is 1. The van der Waals surface area contributed by atoms with Gasteiger partial charge in [0.2, 0.25) is 0 Å². The van der Waals surface area contributed by atoms with Gasteiger partial charge in [-0.05, 0) is 50.8 Å². The van der Waals surface area contributed by atoms with Crippen molar-refractivity contribution in [3.8, 4) is 5.75 Å². The van der Waals surface area contributed by atoms with Crippen molar-refractivity contribution in [2.75, 3.05) is 39.6 Å². The molecule has 1 aromatic rings. The van der Waals surface area contributed by atoms with Gasteiger partial charge >= 0.3 is 6.09 Å². The number of ether oxygens (including phenoxy) is 3. The van der Waals surface area contributed by atoms with Gasteiger partial charge in [-0.25, -0.2) is 9.18 Å². The predicted molar refractivity (Wildman–Crippen MR) is 111 cm³/mol. The molecule has 166 valence electrons. The highest BCUT2D eigenvalue weighted by Crippen LogP contribution is 2.29. The Hall–Kier alpha value is -2.55. The first kappa shape index (κ1) is 22.1. The van der Waals surface area contributed by atoms with E-state index in [2.05, 4.69) is 15.6 Å². The van der Waals surface area contributed by atoms with Crippen LogP contribution < -0.4 is 15.4 Å². The predicted octanol–water partition coefficient (Wildman–Crippen LogP) is 2.41. The summed E-state index contributed by atoms with van der Waals surface area (Å²) in [7, 11) is 0. The third kappa shape index (κ3) is 5.98. The summed E-state index contributed by atoms with van der Waals surface area (Å²) in [6.07, 6.45) is 1.98. The lowest BCUT2D eigenvalue weighted by molar-refractivity contribution is -0.0172. The molecule has 3 rings (SSSR count). The van der Waals surface area contributed by atoms with E-state index in [0.717, 1.165) is 36.5 Å². The van der Waals surface area contributed by atoms with Gasteiger partial charge < -0.3 is 29.7 Å². The molecule has 0 radical (unpaired) electrons. The number of hydrogen-bond donors (Lipinski definition) is 2. The molecule has 0 bridgehead atoms. The van der Waals surface area contributed by atoms with Gasteiger partial charge in [-0.15, -0.1) is 0 Å². The summed E-state index contributed by atoms with van der Waals surface area (Å²) in [6.45, 7) is 7.31. The van der Waals surface area contributed by atoms with E-state index in [9.17, 15) is 9.18 Å². The molecule has 0 aromatic heterocycles. The number of carbonyl (C=O) groups excluding carboxylic acids is 1. The first-order valence-electron chi connectivity index (χ1n) is 10.6. The number of piperidine rings is 1. The molecule has 0 aliphatic carbocycles. The summed E-state index contributed by atoms with van der Waals surface area (Å²) < 4.78 is 29.8. The minimum Gasteiger partial charge on any atom is -0.467 e.